The van der Waals surface area contributed by atoms with Gasteiger partial charge in [0.2, 0.25) is 0 Å². The quantitative estimate of drug-likeness (QED) is 0.522. The molecule has 1 aliphatic rings. The second kappa shape index (κ2) is 7.27. The maximum absolute atomic E-state index is 12.7. The molecule has 1 fully saturated rings. The fraction of sp³-hybridized carbons (Fsp3) is 0.292. The molecule has 4 aromatic rings. The number of H-pyrrole nitrogens is 1. The minimum Gasteiger partial charge on any atom is -0.347 e. The first-order valence-corrected chi connectivity index (χ1v) is 10.6. The number of nitrogens with one attached hydrogen (secondary N) is 2. The van der Waals surface area contributed by atoms with E-state index in [1.54, 1.807) is 16.2 Å². The van der Waals surface area contributed by atoms with Gasteiger partial charge in [-0.25, -0.2) is 9.78 Å². The number of rotatable bonds is 5. The van der Waals surface area contributed by atoms with E-state index < -0.39 is 0 Å². The maximum Gasteiger partial charge on any atom is 0.328 e. The normalized spacial score (nSPS) is 13.6. The van der Waals surface area contributed by atoms with Crippen LogP contribution in [0.2, 0.25) is 0 Å². The Morgan fingerprint density at radius 2 is 1.97 bits per heavy atom. The lowest BCUT2D eigenvalue weighted by molar-refractivity contribution is 0.0941. The van der Waals surface area contributed by atoms with Gasteiger partial charge in [0, 0.05) is 30.8 Å². The van der Waals surface area contributed by atoms with Crippen molar-refractivity contribution in [3.05, 3.63) is 64.3 Å². The van der Waals surface area contributed by atoms with Gasteiger partial charge in [-0.1, -0.05) is 29.8 Å². The third-order valence-corrected chi connectivity index (χ3v) is 5.87. The molecule has 31 heavy (non-hydrogen) atoms. The molecule has 2 N–H and O–H groups in total. The molecule has 0 aliphatic heterocycles. The summed E-state index contributed by atoms with van der Waals surface area (Å²) in [6.45, 7) is 4.61. The van der Waals surface area contributed by atoms with Crippen LogP contribution in [-0.2, 0) is 13.6 Å². The van der Waals surface area contributed by atoms with Crippen LogP contribution in [0.3, 0.4) is 0 Å². The van der Waals surface area contributed by atoms with Crippen molar-refractivity contribution in [3.8, 4) is 22.5 Å². The zero-order valence-electron chi connectivity index (χ0n) is 17.9. The molecule has 0 spiro atoms. The van der Waals surface area contributed by atoms with Gasteiger partial charge in [0.25, 0.3) is 5.91 Å². The van der Waals surface area contributed by atoms with E-state index in [-0.39, 0.29) is 17.6 Å². The lowest BCUT2D eigenvalue weighted by Crippen LogP contribution is -2.26. The predicted octanol–water partition coefficient (Wildman–Crippen LogP) is 3.62. The SMILES string of the molecule is CCn1c(=O)n(C)c2cc(-c3[nH]c(C(=O)NC4CC4)nc3-c3cccc(C)c3)ccc21. The molecule has 0 saturated heterocycles. The highest BCUT2D eigenvalue weighted by Crippen LogP contribution is 2.32. The predicted molar refractivity (Wildman–Crippen MR) is 121 cm³/mol. The fourth-order valence-electron chi connectivity index (χ4n) is 4.04. The highest BCUT2D eigenvalue weighted by Gasteiger charge is 2.26. The van der Waals surface area contributed by atoms with Gasteiger partial charge in [-0.05, 0) is 44.9 Å². The highest BCUT2D eigenvalue weighted by atomic mass is 16.2. The van der Waals surface area contributed by atoms with Crippen LogP contribution >= 0.6 is 0 Å². The topological polar surface area (TPSA) is 84.7 Å². The zero-order valence-corrected chi connectivity index (χ0v) is 17.9. The van der Waals surface area contributed by atoms with Crippen molar-refractivity contribution in [2.45, 2.75) is 39.3 Å². The van der Waals surface area contributed by atoms with E-state index in [1.165, 1.54) is 0 Å². The number of hydrogen-bond acceptors (Lipinski definition) is 3. The second-order valence-corrected chi connectivity index (χ2v) is 8.22. The largest absolute Gasteiger partial charge is 0.347 e. The standard InChI is InChI=1S/C24H25N5O2/c1-4-29-18-11-8-16(13-19(18)28(3)24(29)31)21-20(15-7-5-6-14(2)12-15)26-22(27-21)23(30)25-17-9-10-17/h5-8,11-13,17H,4,9-10H2,1-3H3,(H,25,30)(H,26,27). The molecule has 7 heteroatoms. The van der Waals surface area contributed by atoms with Crippen molar-refractivity contribution in [1.82, 2.24) is 24.4 Å². The van der Waals surface area contributed by atoms with Crippen molar-refractivity contribution in [2.24, 2.45) is 7.05 Å². The smallest absolute Gasteiger partial charge is 0.328 e. The number of amides is 1. The Morgan fingerprint density at radius 1 is 1.16 bits per heavy atom. The minimum atomic E-state index is -0.187. The average molecular weight is 415 g/mol. The number of fused-ring (bicyclic) bond motifs is 1. The molecule has 2 aromatic carbocycles. The van der Waals surface area contributed by atoms with E-state index in [9.17, 15) is 9.59 Å². The number of imidazole rings is 2. The van der Waals surface area contributed by atoms with Gasteiger partial charge in [0.15, 0.2) is 5.82 Å². The molecule has 7 nitrogen and oxygen atoms in total. The molecule has 1 aliphatic carbocycles. The molecule has 158 valence electrons. The summed E-state index contributed by atoms with van der Waals surface area (Å²) in [5.74, 6) is 0.117. The van der Waals surface area contributed by atoms with Gasteiger partial charge >= 0.3 is 5.69 Å². The number of carbonyl (C=O) groups is 1. The van der Waals surface area contributed by atoms with E-state index in [4.69, 9.17) is 0 Å². The van der Waals surface area contributed by atoms with E-state index >= 15 is 0 Å². The maximum atomic E-state index is 12.7. The van der Waals surface area contributed by atoms with Crippen LogP contribution in [0.1, 0.15) is 35.9 Å². The number of benzene rings is 2. The highest BCUT2D eigenvalue weighted by molar-refractivity contribution is 5.94. The Labute approximate surface area is 179 Å². The van der Waals surface area contributed by atoms with Crippen LogP contribution in [0.15, 0.2) is 47.3 Å². The Balaban J connectivity index is 1.68. The molecule has 1 amide bonds. The number of aromatic nitrogens is 4. The Bertz CT molecular complexity index is 1370. The Morgan fingerprint density at radius 3 is 2.68 bits per heavy atom. The summed E-state index contributed by atoms with van der Waals surface area (Å²) in [4.78, 5) is 33.2. The van der Waals surface area contributed by atoms with Crippen LogP contribution in [-0.4, -0.2) is 31.1 Å². The molecule has 2 aromatic heterocycles. The summed E-state index contributed by atoms with van der Waals surface area (Å²) in [7, 11) is 1.78. The van der Waals surface area contributed by atoms with Gasteiger partial charge in [0.1, 0.15) is 0 Å². The Hall–Kier alpha value is -3.61. The van der Waals surface area contributed by atoms with Crippen molar-refractivity contribution in [2.75, 3.05) is 0 Å². The molecule has 1 saturated carbocycles. The third kappa shape index (κ3) is 3.36. The first-order valence-electron chi connectivity index (χ1n) is 10.6. The average Bonchev–Trinajstić information content (AvgIpc) is 3.40. The van der Waals surface area contributed by atoms with E-state index in [0.717, 1.165) is 52.0 Å². The van der Waals surface area contributed by atoms with Crippen LogP contribution in [0.25, 0.3) is 33.5 Å². The molecular weight excluding hydrogens is 390 g/mol. The van der Waals surface area contributed by atoms with E-state index in [2.05, 4.69) is 21.4 Å². The van der Waals surface area contributed by atoms with Gasteiger partial charge < -0.3 is 10.3 Å². The summed E-state index contributed by atoms with van der Waals surface area (Å²) >= 11 is 0. The second-order valence-electron chi connectivity index (χ2n) is 8.22. The van der Waals surface area contributed by atoms with Gasteiger partial charge in [-0.3, -0.25) is 13.9 Å². The molecule has 0 atom stereocenters. The van der Waals surface area contributed by atoms with Crippen LogP contribution in [0.4, 0.5) is 0 Å². The lowest BCUT2D eigenvalue weighted by atomic mass is 10.0. The lowest BCUT2D eigenvalue weighted by Gasteiger charge is -2.06. The summed E-state index contributed by atoms with van der Waals surface area (Å²) in [5, 5.41) is 3.00. The molecule has 0 radical (unpaired) electrons. The third-order valence-electron chi connectivity index (χ3n) is 5.87. The van der Waals surface area contributed by atoms with Gasteiger partial charge in [0.05, 0.1) is 22.4 Å². The number of aromatic amines is 1. The first kappa shape index (κ1) is 19.4. The van der Waals surface area contributed by atoms with Gasteiger partial charge in [-0.15, -0.1) is 0 Å². The number of nitrogens with zero attached hydrogens (tertiary/aromatic N) is 3. The molecule has 5 rings (SSSR count). The first-order chi connectivity index (χ1) is 15.0. The molecule has 2 heterocycles. The van der Waals surface area contributed by atoms with Crippen molar-refractivity contribution in [3.63, 3.8) is 0 Å². The van der Waals surface area contributed by atoms with Crippen LogP contribution < -0.4 is 11.0 Å². The van der Waals surface area contributed by atoms with Crippen molar-refractivity contribution < 1.29 is 4.79 Å². The summed E-state index contributed by atoms with van der Waals surface area (Å²) in [6, 6.07) is 14.2. The Kier molecular flexibility index (Phi) is 4.54. The molecule has 0 unspecified atom stereocenters. The summed E-state index contributed by atoms with van der Waals surface area (Å²) in [5.41, 5.74) is 6.13. The number of aryl methyl sites for hydroxylation is 3. The monoisotopic (exact) mass is 415 g/mol. The summed E-state index contributed by atoms with van der Waals surface area (Å²) < 4.78 is 3.41. The zero-order chi connectivity index (χ0) is 21.7. The van der Waals surface area contributed by atoms with Gasteiger partial charge in [-0.2, -0.15) is 0 Å². The van der Waals surface area contributed by atoms with Crippen molar-refractivity contribution >= 4 is 16.9 Å². The molecule has 0 bridgehead atoms. The minimum absolute atomic E-state index is 0.0392. The van der Waals surface area contributed by atoms with Crippen LogP contribution in [0, 0.1) is 6.92 Å². The summed E-state index contributed by atoms with van der Waals surface area (Å²) in [6.07, 6.45) is 2.03. The number of carbonyl (C=O) groups excluding carboxylic acids is 1. The molecular formula is C24H25N5O2. The fourth-order valence-corrected chi connectivity index (χ4v) is 4.04. The van der Waals surface area contributed by atoms with Crippen LogP contribution in [0.5, 0.6) is 0 Å². The van der Waals surface area contributed by atoms with E-state index in [1.807, 2.05) is 50.2 Å². The number of hydrogen-bond donors (Lipinski definition) is 2. The van der Waals surface area contributed by atoms with Crippen molar-refractivity contribution in [1.29, 1.82) is 0 Å². The van der Waals surface area contributed by atoms with E-state index in [0.29, 0.717) is 12.4 Å².